The summed E-state index contributed by atoms with van der Waals surface area (Å²) in [5.74, 6) is -3.53. The fourth-order valence-electron chi connectivity index (χ4n) is 5.10. The van der Waals surface area contributed by atoms with Gasteiger partial charge < -0.3 is 31.3 Å². The highest BCUT2D eigenvalue weighted by molar-refractivity contribution is 6.02. The maximum atomic E-state index is 13.5. The summed E-state index contributed by atoms with van der Waals surface area (Å²) in [4.78, 5) is 83.0. The second kappa shape index (κ2) is 16.1. The zero-order chi connectivity index (χ0) is 35.6. The largest absolute Gasteiger partial charge is 0.382 e. The smallest absolute Gasteiger partial charge is 0.254 e. The first kappa shape index (κ1) is 36.6. The van der Waals surface area contributed by atoms with Gasteiger partial charge in [-0.05, 0) is 98.5 Å². The summed E-state index contributed by atoms with van der Waals surface area (Å²) in [6.45, 7) is 6.08. The molecule has 3 aromatic rings. The average Bonchev–Trinajstić information content (AvgIpc) is 3.05. The fraction of sp³-hybridized carbons (Fsp3) is 0.273. The molecule has 3 aromatic carbocycles. The third kappa shape index (κ3) is 8.08. The zero-order valence-corrected chi connectivity index (χ0v) is 26.3. The molecule has 0 aromatic heterocycles. The molecule has 15 heteroatoms. The molecule has 0 spiro atoms. The van der Waals surface area contributed by atoms with Crippen LogP contribution in [-0.4, -0.2) is 69.6 Å². The molecule has 0 aliphatic heterocycles. The van der Waals surface area contributed by atoms with E-state index in [0.29, 0.717) is 16.7 Å². The number of nitrogens with one attached hydrogen (secondary N) is 3. The zero-order valence-electron chi connectivity index (χ0n) is 26.3. The molecule has 0 aliphatic carbocycles. The Morgan fingerprint density at radius 3 is 1.08 bits per heavy atom. The number of rotatable bonds is 13. The third-order valence-corrected chi connectivity index (χ3v) is 7.81. The number of aliphatic hydroxyl groups is 3. The van der Waals surface area contributed by atoms with E-state index in [-0.39, 0.29) is 34.1 Å². The van der Waals surface area contributed by atoms with E-state index < -0.39 is 47.9 Å². The number of hydrogen-bond acceptors (Lipinski definition) is 12. The third-order valence-electron chi connectivity index (χ3n) is 7.81. The lowest BCUT2D eigenvalue weighted by Crippen LogP contribution is -2.63. The molecule has 3 atom stereocenters. The predicted molar refractivity (Wildman–Crippen MR) is 174 cm³/mol. The Hall–Kier alpha value is -5.91. The number of aliphatic imine (C=N–C) groups is 3. The minimum absolute atomic E-state index is 0.161. The normalized spacial score (nSPS) is 13.6. The quantitative estimate of drug-likeness (QED) is 0.117. The maximum Gasteiger partial charge on any atom is 0.254 e. The van der Waals surface area contributed by atoms with E-state index in [4.69, 9.17) is 0 Å². The molecule has 0 aliphatic rings. The van der Waals surface area contributed by atoms with Crippen LogP contribution in [0.5, 0.6) is 0 Å². The first-order chi connectivity index (χ1) is 22.8. The Kier molecular flexibility index (Phi) is 12.2. The number of benzene rings is 3. The van der Waals surface area contributed by atoms with Crippen molar-refractivity contribution >= 4 is 70.1 Å². The van der Waals surface area contributed by atoms with Crippen LogP contribution in [0.2, 0.25) is 0 Å². The van der Waals surface area contributed by atoms with Crippen LogP contribution in [0.1, 0.15) is 30.0 Å². The minimum atomic E-state index is -2.54. The molecule has 248 valence electrons. The van der Waals surface area contributed by atoms with Crippen LogP contribution in [0.4, 0.5) is 34.1 Å². The molecule has 6 N–H and O–H groups in total. The van der Waals surface area contributed by atoms with Crippen molar-refractivity contribution in [1.82, 2.24) is 0 Å². The van der Waals surface area contributed by atoms with Crippen molar-refractivity contribution < 1.29 is 44.1 Å². The first-order valence-corrected chi connectivity index (χ1v) is 14.3. The van der Waals surface area contributed by atoms with Gasteiger partial charge in [-0.3, -0.25) is 14.4 Å². The second-order valence-corrected chi connectivity index (χ2v) is 10.7. The highest BCUT2D eigenvalue weighted by Crippen LogP contribution is 2.38. The van der Waals surface area contributed by atoms with Crippen LogP contribution in [0, 0.1) is 26.2 Å². The van der Waals surface area contributed by atoms with Crippen molar-refractivity contribution in [3.05, 3.63) is 71.3 Å². The summed E-state index contributed by atoms with van der Waals surface area (Å²) in [5.41, 5.74) is -0.0805. The Bertz CT molecular complexity index is 1660. The summed E-state index contributed by atoms with van der Waals surface area (Å²) in [6, 6.07) is 12.7. The lowest BCUT2D eigenvalue weighted by atomic mass is 9.68. The molecule has 0 heterocycles. The van der Waals surface area contributed by atoms with Crippen molar-refractivity contribution in [2.45, 2.75) is 52.4 Å². The van der Waals surface area contributed by atoms with Crippen LogP contribution < -0.4 is 16.0 Å². The summed E-state index contributed by atoms with van der Waals surface area (Å²) < 4.78 is 0. The SMILES string of the molecule is CCC(C(O)C(=O)Nc1ccc(N=C=O)cc1C)(C(O)C(=O)Nc1ccc(N=C=O)cc1C)C(O)C(=O)Nc1ccc(N=C=O)cc1C. The second-order valence-electron chi connectivity index (χ2n) is 10.7. The number of aryl methyl sites for hydroxylation is 3. The number of amides is 3. The molecule has 0 fully saturated rings. The van der Waals surface area contributed by atoms with E-state index in [1.807, 2.05) is 0 Å². The van der Waals surface area contributed by atoms with E-state index in [0.717, 1.165) is 0 Å². The molecule has 0 saturated carbocycles. The molecule has 48 heavy (non-hydrogen) atoms. The molecule has 0 bridgehead atoms. The van der Waals surface area contributed by atoms with E-state index >= 15 is 0 Å². The summed E-state index contributed by atoms with van der Waals surface area (Å²) in [7, 11) is 0. The van der Waals surface area contributed by atoms with Gasteiger partial charge in [-0.2, -0.15) is 15.0 Å². The molecule has 3 rings (SSSR count). The number of hydrogen-bond donors (Lipinski definition) is 6. The van der Waals surface area contributed by atoms with Crippen LogP contribution in [0.15, 0.2) is 69.6 Å². The number of nitrogens with zero attached hydrogens (tertiary/aromatic N) is 3. The monoisotopic (exact) mass is 656 g/mol. The van der Waals surface area contributed by atoms with Gasteiger partial charge >= 0.3 is 0 Å². The van der Waals surface area contributed by atoms with Crippen molar-refractivity contribution in [2.75, 3.05) is 16.0 Å². The van der Waals surface area contributed by atoms with E-state index in [1.54, 1.807) is 20.8 Å². The molecular formula is C33H32N6O9. The van der Waals surface area contributed by atoms with Gasteiger partial charge in [-0.15, -0.1) is 0 Å². The summed E-state index contributed by atoms with van der Waals surface area (Å²) >= 11 is 0. The van der Waals surface area contributed by atoms with E-state index in [2.05, 4.69) is 30.9 Å². The highest BCUT2D eigenvalue weighted by Gasteiger charge is 2.57. The first-order valence-electron chi connectivity index (χ1n) is 14.3. The molecular weight excluding hydrogens is 624 g/mol. The topological polar surface area (TPSA) is 236 Å². The Labute approximate surface area is 274 Å². The van der Waals surface area contributed by atoms with Crippen LogP contribution >= 0.6 is 0 Å². The number of carbonyl (C=O) groups excluding carboxylic acids is 6. The molecule has 0 saturated heterocycles. The lowest BCUT2D eigenvalue weighted by molar-refractivity contribution is -0.171. The summed E-state index contributed by atoms with van der Waals surface area (Å²) in [6.07, 6.45) is -3.39. The van der Waals surface area contributed by atoms with Gasteiger partial charge in [0.1, 0.15) is 18.3 Å². The van der Waals surface area contributed by atoms with Crippen molar-refractivity contribution in [3.63, 3.8) is 0 Å². The van der Waals surface area contributed by atoms with Gasteiger partial charge in [0, 0.05) is 17.1 Å². The van der Waals surface area contributed by atoms with E-state index in [9.17, 15) is 44.1 Å². The molecule has 3 unspecified atom stereocenters. The van der Waals surface area contributed by atoms with Crippen molar-refractivity contribution in [3.8, 4) is 0 Å². The molecule has 0 radical (unpaired) electrons. The number of isocyanates is 3. The lowest BCUT2D eigenvalue weighted by Gasteiger charge is -2.42. The number of carbonyl (C=O) groups is 3. The minimum Gasteiger partial charge on any atom is -0.382 e. The van der Waals surface area contributed by atoms with Crippen molar-refractivity contribution in [1.29, 1.82) is 0 Å². The highest BCUT2D eigenvalue weighted by atomic mass is 16.3. The standard InChI is InChI=1S/C33H32N6O9/c1-5-33(27(43)30(46)37-24-9-6-21(34-15-40)12-18(24)2,28(44)31(47)38-25-10-7-22(35-16-41)13-19(25)3)29(45)32(48)39-26-11-8-23(36-17-42)14-20(26)4/h6-14,27-29,43-45H,5H2,1-4H3,(H,37,46)(H,38,47)(H,39,48). The van der Waals surface area contributed by atoms with Crippen LogP contribution in [-0.2, 0) is 28.8 Å². The average molecular weight is 657 g/mol. The Morgan fingerprint density at radius 1 is 0.604 bits per heavy atom. The van der Waals surface area contributed by atoms with Gasteiger partial charge in [0.05, 0.1) is 22.5 Å². The van der Waals surface area contributed by atoms with Gasteiger partial charge in [0.25, 0.3) is 17.7 Å². The number of aliphatic hydroxyl groups excluding tert-OH is 3. The number of anilines is 3. The predicted octanol–water partition coefficient (Wildman–Crippen LogP) is 3.21. The molecule has 3 amide bonds. The van der Waals surface area contributed by atoms with Crippen LogP contribution in [0.25, 0.3) is 0 Å². The van der Waals surface area contributed by atoms with Gasteiger partial charge in [0.15, 0.2) is 0 Å². The van der Waals surface area contributed by atoms with Gasteiger partial charge in [-0.1, -0.05) is 6.92 Å². The fourth-order valence-corrected chi connectivity index (χ4v) is 5.10. The Balaban J connectivity index is 2.04. The van der Waals surface area contributed by atoms with Gasteiger partial charge in [-0.25, -0.2) is 14.4 Å². The molecule has 15 nitrogen and oxygen atoms in total. The van der Waals surface area contributed by atoms with Crippen molar-refractivity contribution in [2.24, 2.45) is 20.4 Å². The summed E-state index contributed by atoms with van der Waals surface area (Å²) in [5, 5.41) is 42.0. The Morgan fingerprint density at radius 2 is 0.875 bits per heavy atom. The maximum absolute atomic E-state index is 13.5. The van der Waals surface area contributed by atoms with E-state index in [1.165, 1.54) is 79.8 Å². The van der Waals surface area contributed by atoms with Crippen LogP contribution in [0.3, 0.4) is 0 Å². The van der Waals surface area contributed by atoms with Gasteiger partial charge in [0.2, 0.25) is 18.2 Å².